The van der Waals surface area contributed by atoms with E-state index in [-0.39, 0.29) is 5.56 Å². The summed E-state index contributed by atoms with van der Waals surface area (Å²) >= 11 is 0. The van der Waals surface area contributed by atoms with E-state index >= 15 is 0 Å². The van der Waals surface area contributed by atoms with Crippen LogP contribution in [0.15, 0.2) is 18.5 Å². The molecule has 0 saturated heterocycles. The van der Waals surface area contributed by atoms with Gasteiger partial charge in [0.05, 0.1) is 6.20 Å². The zero-order valence-corrected chi connectivity index (χ0v) is 11.7. The number of carbonyl (C=O) groups excluding carboxylic acids is 1. The lowest BCUT2D eigenvalue weighted by molar-refractivity contribution is -0.144. The van der Waals surface area contributed by atoms with Crippen LogP contribution in [0, 0.1) is 5.82 Å². The highest BCUT2D eigenvalue weighted by Crippen LogP contribution is 2.22. The number of nitrogens with zero attached hydrogens (tertiary/aromatic N) is 1. The molecule has 1 unspecified atom stereocenters. The van der Waals surface area contributed by atoms with Crippen molar-refractivity contribution < 1.29 is 23.8 Å². The second kappa shape index (κ2) is 5.44. The Labute approximate surface area is 116 Å². The van der Waals surface area contributed by atoms with E-state index in [1.807, 2.05) is 0 Å². The molecule has 0 spiro atoms. The van der Waals surface area contributed by atoms with Crippen molar-refractivity contribution in [3.63, 3.8) is 0 Å². The number of amides is 1. The molecular weight excluding hydrogens is 267 g/mol. The number of halogens is 1. The molecule has 1 rings (SSSR count). The third-order valence-corrected chi connectivity index (χ3v) is 2.46. The average molecular weight is 284 g/mol. The average Bonchev–Trinajstić information content (AvgIpc) is 2.25. The summed E-state index contributed by atoms with van der Waals surface area (Å²) in [4.78, 5) is 26.7. The van der Waals surface area contributed by atoms with Crippen LogP contribution in [0.1, 0.15) is 33.3 Å². The van der Waals surface area contributed by atoms with Crippen LogP contribution in [0.3, 0.4) is 0 Å². The van der Waals surface area contributed by atoms with Gasteiger partial charge in [-0.1, -0.05) is 0 Å². The molecule has 0 aliphatic heterocycles. The number of alkyl carbamates (subject to hydrolysis) is 1. The first-order valence-electron chi connectivity index (χ1n) is 5.90. The molecule has 110 valence electrons. The van der Waals surface area contributed by atoms with Gasteiger partial charge in [-0.05, 0) is 33.8 Å². The zero-order chi connectivity index (χ0) is 15.6. The quantitative estimate of drug-likeness (QED) is 0.886. The summed E-state index contributed by atoms with van der Waals surface area (Å²) in [6.45, 7) is 6.17. The zero-order valence-electron chi connectivity index (χ0n) is 11.7. The van der Waals surface area contributed by atoms with Crippen LogP contribution < -0.4 is 5.32 Å². The topological polar surface area (TPSA) is 88.5 Å². The highest BCUT2D eigenvalue weighted by atomic mass is 19.1. The van der Waals surface area contributed by atoms with Gasteiger partial charge >= 0.3 is 12.1 Å². The number of rotatable bonds is 3. The van der Waals surface area contributed by atoms with Gasteiger partial charge in [0.2, 0.25) is 0 Å². The third-order valence-electron chi connectivity index (χ3n) is 2.46. The number of pyridine rings is 1. The van der Waals surface area contributed by atoms with E-state index in [0.717, 1.165) is 12.3 Å². The van der Waals surface area contributed by atoms with Crippen molar-refractivity contribution in [1.82, 2.24) is 10.3 Å². The van der Waals surface area contributed by atoms with Gasteiger partial charge in [0, 0.05) is 11.8 Å². The normalized spacial score (nSPS) is 14.2. The van der Waals surface area contributed by atoms with Crippen LogP contribution in [0.25, 0.3) is 0 Å². The number of ether oxygens (including phenoxy) is 1. The standard InChI is InChI=1S/C13H17FN2O4/c1-12(2,3)20-11(19)16-13(4,10(17)18)8-5-9(14)7-15-6-8/h5-7H,1-4H3,(H,16,19)(H,17,18). The molecule has 1 amide bonds. The van der Waals surface area contributed by atoms with E-state index in [1.54, 1.807) is 20.8 Å². The number of carboxylic acids is 1. The van der Waals surface area contributed by atoms with Crippen molar-refractivity contribution in [2.45, 2.75) is 38.8 Å². The van der Waals surface area contributed by atoms with Crippen LogP contribution in [0.5, 0.6) is 0 Å². The molecule has 1 atom stereocenters. The summed E-state index contributed by atoms with van der Waals surface area (Å²) in [7, 11) is 0. The molecule has 0 radical (unpaired) electrons. The van der Waals surface area contributed by atoms with Gasteiger partial charge in [-0.3, -0.25) is 4.98 Å². The van der Waals surface area contributed by atoms with E-state index < -0.39 is 29.0 Å². The molecular formula is C13H17FN2O4. The SMILES string of the molecule is CC(C)(C)OC(=O)NC(C)(C(=O)O)c1cncc(F)c1. The number of nitrogens with one attached hydrogen (secondary N) is 1. The monoisotopic (exact) mass is 284 g/mol. The summed E-state index contributed by atoms with van der Waals surface area (Å²) in [5, 5.41) is 11.5. The van der Waals surface area contributed by atoms with E-state index in [2.05, 4.69) is 10.3 Å². The lowest BCUT2D eigenvalue weighted by Crippen LogP contribution is -2.51. The molecule has 0 aliphatic carbocycles. The van der Waals surface area contributed by atoms with Gasteiger partial charge in [-0.2, -0.15) is 0 Å². The number of carboxylic acid groups (broad SMARTS) is 1. The van der Waals surface area contributed by atoms with Crippen molar-refractivity contribution in [1.29, 1.82) is 0 Å². The van der Waals surface area contributed by atoms with Gasteiger partial charge < -0.3 is 15.2 Å². The molecule has 6 nitrogen and oxygen atoms in total. The minimum atomic E-state index is -1.84. The van der Waals surface area contributed by atoms with E-state index in [4.69, 9.17) is 4.74 Å². The molecule has 0 aliphatic rings. The van der Waals surface area contributed by atoms with Crippen LogP contribution in [-0.2, 0) is 15.1 Å². The number of aromatic nitrogens is 1. The lowest BCUT2D eigenvalue weighted by Gasteiger charge is -2.28. The molecule has 0 saturated carbocycles. The van der Waals surface area contributed by atoms with E-state index in [1.165, 1.54) is 13.1 Å². The smallest absolute Gasteiger partial charge is 0.408 e. The first kappa shape index (κ1) is 15.9. The maximum Gasteiger partial charge on any atom is 0.408 e. The molecule has 1 aromatic heterocycles. The van der Waals surface area contributed by atoms with Crippen LogP contribution in [0.4, 0.5) is 9.18 Å². The first-order valence-corrected chi connectivity index (χ1v) is 5.90. The van der Waals surface area contributed by atoms with Crippen LogP contribution in [-0.4, -0.2) is 27.8 Å². The van der Waals surface area contributed by atoms with Crippen molar-refractivity contribution in [3.8, 4) is 0 Å². The van der Waals surface area contributed by atoms with Gasteiger partial charge in [0.25, 0.3) is 0 Å². The predicted octanol–water partition coefficient (Wildman–Crippen LogP) is 2.05. The number of carbonyl (C=O) groups is 2. The van der Waals surface area contributed by atoms with Crippen molar-refractivity contribution in [3.05, 3.63) is 29.8 Å². The number of hydrogen-bond acceptors (Lipinski definition) is 4. The Bertz CT molecular complexity index is 527. The van der Waals surface area contributed by atoms with Crippen LogP contribution in [0.2, 0.25) is 0 Å². The fraction of sp³-hybridized carbons (Fsp3) is 0.462. The lowest BCUT2D eigenvalue weighted by atomic mass is 9.94. The van der Waals surface area contributed by atoms with Crippen molar-refractivity contribution >= 4 is 12.1 Å². The Balaban J connectivity index is 3.05. The summed E-state index contributed by atoms with van der Waals surface area (Å²) in [6.07, 6.45) is 1.21. The second-order valence-electron chi connectivity index (χ2n) is 5.45. The Morgan fingerprint density at radius 3 is 2.35 bits per heavy atom. The van der Waals surface area contributed by atoms with E-state index in [9.17, 15) is 19.1 Å². The molecule has 0 aromatic carbocycles. The molecule has 0 bridgehead atoms. The second-order valence-corrected chi connectivity index (χ2v) is 5.45. The van der Waals surface area contributed by atoms with Crippen molar-refractivity contribution in [2.75, 3.05) is 0 Å². The fourth-order valence-electron chi connectivity index (χ4n) is 1.44. The largest absolute Gasteiger partial charge is 0.479 e. The van der Waals surface area contributed by atoms with Gasteiger partial charge in [0.15, 0.2) is 5.54 Å². The Morgan fingerprint density at radius 1 is 1.30 bits per heavy atom. The molecule has 20 heavy (non-hydrogen) atoms. The molecule has 7 heteroatoms. The Kier molecular flexibility index (Phi) is 4.32. The van der Waals surface area contributed by atoms with Gasteiger partial charge in [-0.25, -0.2) is 14.0 Å². The van der Waals surface area contributed by atoms with Crippen LogP contribution >= 0.6 is 0 Å². The molecule has 2 N–H and O–H groups in total. The highest BCUT2D eigenvalue weighted by molar-refractivity contribution is 5.85. The number of hydrogen-bond donors (Lipinski definition) is 2. The van der Waals surface area contributed by atoms with Crippen molar-refractivity contribution in [2.24, 2.45) is 0 Å². The summed E-state index contributed by atoms with van der Waals surface area (Å²) < 4.78 is 18.2. The molecule has 1 aromatic rings. The minimum Gasteiger partial charge on any atom is -0.479 e. The maximum atomic E-state index is 13.2. The third kappa shape index (κ3) is 3.91. The Hall–Kier alpha value is -2.18. The number of aliphatic carboxylic acids is 1. The summed E-state index contributed by atoms with van der Waals surface area (Å²) in [6, 6.07) is 0.999. The first-order chi connectivity index (χ1) is 9.04. The highest BCUT2D eigenvalue weighted by Gasteiger charge is 2.39. The summed E-state index contributed by atoms with van der Waals surface area (Å²) in [5.74, 6) is -2.04. The van der Waals surface area contributed by atoms with E-state index in [0.29, 0.717) is 0 Å². The van der Waals surface area contributed by atoms with Gasteiger partial charge in [0.1, 0.15) is 11.4 Å². The van der Waals surface area contributed by atoms with Gasteiger partial charge in [-0.15, -0.1) is 0 Å². The summed E-state index contributed by atoms with van der Waals surface area (Å²) in [5.41, 5.74) is -2.60. The predicted molar refractivity (Wildman–Crippen MR) is 68.6 cm³/mol. The molecule has 1 heterocycles. The fourth-order valence-corrected chi connectivity index (χ4v) is 1.44. The Morgan fingerprint density at radius 2 is 1.90 bits per heavy atom. The minimum absolute atomic E-state index is 0.0101. The maximum absolute atomic E-state index is 13.2. The molecule has 0 fully saturated rings.